The lowest BCUT2D eigenvalue weighted by Crippen LogP contribution is -2.37. The van der Waals surface area contributed by atoms with Gasteiger partial charge in [0.15, 0.2) is 6.29 Å². The number of likely N-dealkylation sites (N-methyl/N-ethyl adjacent to an activating group) is 1. The fourth-order valence-corrected chi connectivity index (χ4v) is 1.36. The molecule has 0 saturated heterocycles. The molecular weight excluding hydrogens is 178 g/mol. The van der Waals surface area contributed by atoms with Crippen LogP contribution >= 0.6 is 0 Å². The van der Waals surface area contributed by atoms with Gasteiger partial charge >= 0.3 is 0 Å². The standard InChI is InChI=1S/C11H25NO2/c1-6-10(3)8-12(7-2)9-11(13-4)14-5/h10-11H,6-9H2,1-5H3. The highest BCUT2D eigenvalue weighted by Gasteiger charge is 2.13. The topological polar surface area (TPSA) is 21.7 Å². The van der Waals surface area contributed by atoms with E-state index >= 15 is 0 Å². The van der Waals surface area contributed by atoms with E-state index < -0.39 is 0 Å². The van der Waals surface area contributed by atoms with Crippen molar-refractivity contribution in [2.75, 3.05) is 33.9 Å². The van der Waals surface area contributed by atoms with E-state index in [1.807, 2.05) is 0 Å². The first-order valence-electron chi connectivity index (χ1n) is 5.45. The molecule has 14 heavy (non-hydrogen) atoms. The number of hydrogen-bond acceptors (Lipinski definition) is 3. The predicted molar refractivity (Wildman–Crippen MR) is 59.4 cm³/mol. The first-order chi connectivity index (χ1) is 6.67. The largest absolute Gasteiger partial charge is 0.355 e. The Balaban J connectivity index is 3.88. The second kappa shape index (κ2) is 8.21. The molecule has 0 heterocycles. The van der Waals surface area contributed by atoms with Crippen molar-refractivity contribution in [3.8, 4) is 0 Å². The van der Waals surface area contributed by atoms with Crippen LogP contribution in [-0.4, -0.2) is 45.0 Å². The van der Waals surface area contributed by atoms with Crippen molar-refractivity contribution < 1.29 is 9.47 Å². The molecule has 0 fully saturated rings. The molecule has 3 heteroatoms. The molecule has 0 rings (SSSR count). The third-order valence-electron chi connectivity index (χ3n) is 2.65. The predicted octanol–water partition coefficient (Wildman–Crippen LogP) is 1.97. The molecule has 0 N–H and O–H groups in total. The molecule has 0 aliphatic rings. The van der Waals surface area contributed by atoms with E-state index in [4.69, 9.17) is 9.47 Å². The van der Waals surface area contributed by atoms with Crippen molar-refractivity contribution in [1.29, 1.82) is 0 Å². The van der Waals surface area contributed by atoms with Gasteiger partial charge in [0.2, 0.25) is 0 Å². The Bertz CT molecular complexity index is 126. The minimum absolute atomic E-state index is 0.0981. The lowest BCUT2D eigenvalue weighted by Gasteiger charge is -2.26. The van der Waals surface area contributed by atoms with Gasteiger partial charge in [-0.15, -0.1) is 0 Å². The molecule has 0 spiro atoms. The summed E-state index contributed by atoms with van der Waals surface area (Å²) < 4.78 is 10.4. The van der Waals surface area contributed by atoms with Gasteiger partial charge in [-0.3, -0.25) is 4.90 Å². The van der Waals surface area contributed by atoms with Gasteiger partial charge in [-0.05, 0) is 12.5 Å². The zero-order valence-electron chi connectivity index (χ0n) is 10.2. The quantitative estimate of drug-likeness (QED) is 0.563. The molecule has 0 radical (unpaired) electrons. The Morgan fingerprint density at radius 2 is 1.64 bits per heavy atom. The fraction of sp³-hybridized carbons (Fsp3) is 1.00. The summed E-state index contributed by atoms with van der Waals surface area (Å²) >= 11 is 0. The first kappa shape index (κ1) is 13.9. The van der Waals surface area contributed by atoms with Crippen molar-refractivity contribution in [3.05, 3.63) is 0 Å². The average Bonchev–Trinajstić information content (AvgIpc) is 2.23. The number of nitrogens with zero attached hydrogens (tertiary/aromatic N) is 1. The monoisotopic (exact) mass is 203 g/mol. The lowest BCUT2D eigenvalue weighted by atomic mass is 10.1. The molecule has 0 aliphatic carbocycles. The van der Waals surface area contributed by atoms with E-state index in [9.17, 15) is 0 Å². The number of rotatable bonds is 8. The van der Waals surface area contributed by atoms with E-state index in [1.54, 1.807) is 14.2 Å². The van der Waals surface area contributed by atoms with Gasteiger partial charge in [0.1, 0.15) is 0 Å². The summed E-state index contributed by atoms with van der Waals surface area (Å²) in [6.07, 6.45) is 1.13. The number of hydrogen-bond donors (Lipinski definition) is 0. The zero-order chi connectivity index (χ0) is 11.0. The van der Waals surface area contributed by atoms with Crippen LogP contribution in [-0.2, 0) is 9.47 Å². The molecule has 0 amide bonds. The first-order valence-corrected chi connectivity index (χ1v) is 5.45. The van der Waals surface area contributed by atoms with Gasteiger partial charge in [-0.2, -0.15) is 0 Å². The molecule has 3 nitrogen and oxygen atoms in total. The molecule has 0 aliphatic heterocycles. The van der Waals surface area contributed by atoms with Gasteiger partial charge in [0.05, 0.1) is 0 Å². The number of methoxy groups -OCH3 is 2. The summed E-state index contributed by atoms with van der Waals surface area (Å²) in [5.41, 5.74) is 0. The molecule has 0 aromatic carbocycles. The van der Waals surface area contributed by atoms with Crippen molar-refractivity contribution in [1.82, 2.24) is 4.90 Å². The van der Waals surface area contributed by atoms with Crippen LogP contribution in [0.1, 0.15) is 27.2 Å². The molecule has 1 atom stereocenters. The summed E-state index contributed by atoms with van der Waals surface area (Å²) in [6.45, 7) is 9.70. The van der Waals surface area contributed by atoms with Gasteiger partial charge in [0.25, 0.3) is 0 Å². The number of ether oxygens (including phenoxy) is 2. The van der Waals surface area contributed by atoms with Crippen molar-refractivity contribution in [2.24, 2.45) is 5.92 Å². The Kier molecular flexibility index (Phi) is 8.14. The van der Waals surface area contributed by atoms with E-state index in [0.29, 0.717) is 0 Å². The maximum atomic E-state index is 5.18. The smallest absolute Gasteiger partial charge is 0.169 e. The van der Waals surface area contributed by atoms with Gasteiger partial charge < -0.3 is 9.47 Å². The van der Waals surface area contributed by atoms with Crippen LogP contribution < -0.4 is 0 Å². The van der Waals surface area contributed by atoms with Gasteiger partial charge in [-0.25, -0.2) is 0 Å². The fourth-order valence-electron chi connectivity index (χ4n) is 1.36. The molecule has 0 aromatic rings. The molecule has 0 saturated carbocycles. The van der Waals surface area contributed by atoms with Crippen LogP contribution in [0.2, 0.25) is 0 Å². The Labute approximate surface area is 88.4 Å². The summed E-state index contributed by atoms with van der Waals surface area (Å²) in [5, 5.41) is 0. The molecule has 1 unspecified atom stereocenters. The molecule has 0 bridgehead atoms. The molecule has 0 aromatic heterocycles. The minimum Gasteiger partial charge on any atom is -0.355 e. The van der Waals surface area contributed by atoms with Crippen LogP contribution in [0.4, 0.5) is 0 Å². The van der Waals surface area contributed by atoms with Gasteiger partial charge in [-0.1, -0.05) is 27.2 Å². The highest BCUT2D eigenvalue weighted by molar-refractivity contribution is 4.62. The summed E-state index contributed by atoms with van der Waals surface area (Å²) in [7, 11) is 3.37. The maximum Gasteiger partial charge on any atom is 0.169 e. The third kappa shape index (κ3) is 5.58. The third-order valence-corrected chi connectivity index (χ3v) is 2.65. The van der Waals surface area contributed by atoms with Crippen molar-refractivity contribution in [2.45, 2.75) is 33.5 Å². The second-order valence-corrected chi connectivity index (χ2v) is 3.77. The van der Waals surface area contributed by atoms with Crippen LogP contribution in [0, 0.1) is 5.92 Å². The Morgan fingerprint density at radius 3 is 2.00 bits per heavy atom. The maximum absolute atomic E-state index is 5.18. The molecule has 86 valence electrons. The molecular formula is C11H25NO2. The summed E-state index contributed by atoms with van der Waals surface area (Å²) in [4.78, 5) is 2.37. The van der Waals surface area contributed by atoms with Crippen LogP contribution in [0.25, 0.3) is 0 Å². The normalized spacial score (nSPS) is 13.9. The minimum atomic E-state index is -0.0981. The lowest BCUT2D eigenvalue weighted by molar-refractivity contribution is -0.116. The van der Waals surface area contributed by atoms with Crippen LogP contribution in [0.5, 0.6) is 0 Å². The Hall–Kier alpha value is -0.120. The van der Waals surface area contributed by atoms with E-state index in [0.717, 1.165) is 25.6 Å². The Morgan fingerprint density at radius 1 is 1.07 bits per heavy atom. The average molecular weight is 203 g/mol. The van der Waals surface area contributed by atoms with Crippen LogP contribution in [0.3, 0.4) is 0 Å². The van der Waals surface area contributed by atoms with Crippen molar-refractivity contribution in [3.63, 3.8) is 0 Å². The van der Waals surface area contributed by atoms with Crippen molar-refractivity contribution >= 4 is 0 Å². The van der Waals surface area contributed by atoms with Gasteiger partial charge in [0, 0.05) is 27.3 Å². The van der Waals surface area contributed by atoms with Crippen LogP contribution in [0.15, 0.2) is 0 Å². The zero-order valence-corrected chi connectivity index (χ0v) is 10.2. The van der Waals surface area contributed by atoms with E-state index in [1.165, 1.54) is 6.42 Å². The van der Waals surface area contributed by atoms with E-state index in [-0.39, 0.29) is 6.29 Å². The second-order valence-electron chi connectivity index (χ2n) is 3.77. The highest BCUT2D eigenvalue weighted by atomic mass is 16.7. The highest BCUT2D eigenvalue weighted by Crippen LogP contribution is 2.05. The van der Waals surface area contributed by atoms with E-state index in [2.05, 4.69) is 25.7 Å². The summed E-state index contributed by atoms with van der Waals surface area (Å²) in [6, 6.07) is 0. The SMILES string of the molecule is CCC(C)CN(CC)CC(OC)OC. The summed E-state index contributed by atoms with van der Waals surface area (Å²) in [5.74, 6) is 0.740.